The molecule has 130 valence electrons. The summed E-state index contributed by atoms with van der Waals surface area (Å²) in [6, 6.07) is 0.539. The molecule has 1 fully saturated rings. The zero-order valence-corrected chi connectivity index (χ0v) is 17.0. The van der Waals surface area contributed by atoms with E-state index < -0.39 is 0 Å². The van der Waals surface area contributed by atoms with E-state index in [4.69, 9.17) is 0 Å². The molecule has 1 heterocycles. The Balaban J connectivity index is 0.00000441. The number of rotatable bonds is 7. The lowest BCUT2D eigenvalue weighted by Crippen LogP contribution is -2.52. The monoisotopic (exact) mass is 423 g/mol. The van der Waals surface area contributed by atoms with E-state index in [1.165, 1.54) is 13.1 Å². The van der Waals surface area contributed by atoms with Crippen molar-refractivity contribution in [1.82, 2.24) is 20.0 Å². The van der Waals surface area contributed by atoms with Crippen LogP contribution in [0.15, 0.2) is 17.6 Å². The van der Waals surface area contributed by atoms with Gasteiger partial charge in [0.15, 0.2) is 5.96 Å². The van der Waals surface area contributed by atoms with E-state index in [1.807, 2.05) is 13.1 Å². The highest BCUT2D eigenvalue weighted by Crippen LogP contribution is 2.04. The van der Waals surface area contributed by atoms with Crippen molar-refractivity contribution in [2.24, 2.45) is 4.99 Å². The molecule has 0 radical (unpaired) electrons. The molecule has 0 aliphatic carbocycles. The molecule has 0 aromatic carbocycles. The number of unbranched alkanes of at least 4 members (excludes halogenated alkanes) is 1. The minimum absolute atomic E-state index is 0. The Bertz CT molecular complexity index is 326. The Kier molecular flexibility index (Phi) is 11.9. The van der Waals surface area contributed by atoms with Gasteiger partial charge in [-0.25, -0.2) is 0 Å². The van der Waals surface area contributed by atoms with Crippen LogP contribution < -0.4 is 5.32 Å². The van der Waals surface area contributed by atoms with Gasteiger partial charge in [0, 0.05) is 59.4 Å². The summed E-state index contributed by atoms with van der Waals surface area (Å²) in [4.78, 5) is 11.5. The van der Waals surface area contributed by atoms with E-state index >= 15 is 0 Å². The number of likely N-dealkylation sites (N-methyl/N-ethyl adjacent to an activating group) is 1. The third-order valence-corrected chi connectivity index (χ3v) is 4.19. The van der Waals surface area contributed by atoms with Gasteiger partial charge in [0.1, 0.15) is 0 Å². The highest BCUT2D eigenvalue weighted by Gasteiger charge is 2.19. The first-order chi connectivity index (χ1) is 10.1. The second kappa shape index (κ2) is 12.1. The van der Waals surface area contributed by atoms with Gasteiger partial charge in [-0.1, -0.05) is 6.08 Å². The van der Waals surface area contributed by atoms with E-state index in [2.05, 4.69) is 52.6 Å². The number of allylic oxidation sites excluding steroid dienone is 1. The van der Waals surface area contributed by atoms with Crippen molar-refractivity contribution < 1.29 is 0 Å². The van der Waals surface area contributed by atoms with Crippen LogP contribution in [0.5, 0.6) is 0 Å². The summed E-state index contributed by atoms with van der Waals surface area (Å²) < 4.78 is 0. The Morgan fingerprint density at radius 3 is 2.55 bits per heavy atom. The molecule has 0 aromatic heterocycles. The predicted octanol–water partition coefficient (Wildman–Crippen LogP) is 1.71. The maximum atomic E-state index is 4.37. The number of nitrogens with zero attached hydrogens (tertiary/aromatic N) is 4. The number of aliphatic imine (C=N–C) groups is 1. The lowest BCUT2D eigenvalue weighted by Gasteiger charge is -2.37. The molecular formula is C16H34IN5. The van der Waals surface area contributed by atoms with Crippen molar-refractivity contribution in [2.75, 3.05) is 60.4 Å². The fourth-order valence-corrected chi connectivity index (χ4v) is 2.59. The summed E-state index contributed by atoms with van der Waals surface area (Å²) in [7, 11) is 6.14. The molecule has 0 saturated carbocycles. The molecule has 1 N–H and O–H groups in total. The van der Waals surface area contributed by atoms with Gasteiger partial charge in [-0.2, -0.15) is 0 Å². The minimum Gasteiger partial charge on any atom is -0.355 e. The van der Waals surface area contributed by atoms with Crippen LogP contribution in [0.2, 0.25) is 0 Å². The van der Waals surface area contributed by atoms with E-state index in [0.717, 1.165) is 45.0 Å². The molecular weight excluding hydrogens is 389 g/mol. The molecule has 0 bridgehead atoms. The van der Waals surface area contributed by atoms with Crippen molar-refractivity contribution >= 4 is 29.9 Å². The van der Waals surface area contributed by atoms with Crippen LogP contribution in [0.1, 0.15) is 19.8 Å². The van der Waals surface area contributed by atoms with Crippen LogP contribution in [0.3, 0.4) is 0 Å². The van der Waals surface area contributed by atoms with Gasteiger partial charge < -0.3 is 15.1 Å². The van der Waals surface area contributed by atoms with E-state index in [1.54, 1.807) is 0 Å². The zero-order valence-electron chi connectivity index (χ0n) is 14.7. The second-order valence-electron chi connectivity index (χ2n) is 5.97. The molecule has 1 aliphatic rings. The first-order valence-electron chi connectivity index (χ1n) is 8.03. The first-order valence-corrected chi connectivity index (χ1v) is 8.03. The van der Waals surface area contributed by atoms with Crippen LogP contribution >= 0.6 is 24.0 Å². The van der Waals surface area contributed by atoms with Gasteiger partial charge in [0.2, 0.25) is 0 Å². The average molecular weight is 423 g/mol. The molecule has 0 amide bonds. The molecule has 22 heavy (non-hydrogen) atoms. The normalized spacial score (nSPS) is 18.5. The van der Waals surface area contributed by atoms with Crippen molar-refractivity contribution in [3.8, 4) is 0 Å². The first kappa shape index (κ1) is 21.7. The summed E-state index contributed by atoms with van der Waals surface area (Å²) in [5.74, 6) is 0.986. The number of hydrogen-bond acceptors (Lipinski definition) is 3. The van der Waals surface area contributed by atoms with E-state index in [-0.39, 0.29) is 24.0 Å². The topological polar surface area (TPSA) is 34.1 Å². The standard InChI is InChI=1S/C16H33N5.HI/c1-6-7-8-9-20(5)16(17-3)18-14-15(2)21-12-10-19(4)11-13-21;/h6,15H,1,7-14H2,2-5H3,(H,17,18);1H. The van der Waals surface area contributed by atoms with Gasteiger partial charge in [-0.05, 0) is 26.8 Å². The zero-order chi connectivity index (χ0) is 15.7. The Hall–Kier alpha value is -0.340. The fourth-order valence-electron chi connectivity index (χ4n) is 2.59. The lowest BCUT2D eigenvalue weighted by molar-refractivity contribution is 0.119. The summed E-state index contributed by atoms with van der Waals surface area (Å²) in [6.07, 6.45) is 4.15. The predicted molar refractivity (Wildman–Crippen MR) is 107 cm³/mol. The molecule has 1 aliphatic heterocycles. The number of halogens is 1. The van der Waals surface area contributed by atoms with Crippen molar-refractivity contribution in [1.29, 1.82) is 0 Å². The molecule has 6 heteroatoms. The fraction of sp³-hybridized carbons (Fsp3) is 0.812. The molecule has 0 aromatic rings. The maximum Gasteiger partial charge on any atom is 0.193 e. The van der Waals surface area contributed by atoms with Crippen molar-refractivity contribution in [3.63, 3.8) is 0 Å². The average Bonchev–Trinajstić information content (AvgIpc) is 2.48. The quantitative estimate of drug-likeness (QED) is 0.222. The van der Waals surface area contributed by atoms with Gasteiger partial charge >= 0.3 is 0 Å². The summed E-state index contributed by atoms with van der Waals surface area (Å²) in [5.41, 5.74) is 0. The van der Waals surface area contributed by atoms with Crippen LogP contribution in [0.25, 0.3) is 0 Å². The Morgan fingerprint density at radius 2 is 2.00 bits per heavy atom. The minimum atomic E-state index is 0. The van der Waals surface area contributed by atoms with Crippen molar-refractivity contribution in [2.45, 2.75) is 25.8 Å². The number of hydrogen-bond donors (Lipinski definition) is 1. The smallest absolute Gasteiger partial charge is 0.193 e. The largest absolute Gasteiger partial charge is 0.355 e. The van der Waals surface area contributed by atoms with Gasteiger partial charge in [-0.3, -0.25) is 9.89 Å². The third kappa shape index (κ3) is 7.78. The number of nitrogens with one attached hydrogen (secondary N) is 1. The highest BCUT2D eigenvalue weighted by atomic mass is 127. The maximum absolute atomic E-state index is 4.37. The molecule has 5 nitrogen and oxygen atoms in total. The Labute approximate surface area is 153 Å². The summed E-state index contributed by atoms with van der Waals surface area (Å²) >= 11 is 0. The summed E-state index contributed by atoms with van der Waals surface area (Å²) in [5, 5.41) is 3.50. The number of piperazine rings is 1. The Morgan fingerprint density at radius 1 is 1.36 bits per heavy atom. The highest BCUT2D eigenvalue weighted by molar-refractivity contribution is 14.0. The van der Waals surface area contributed by atoms with Gasteiger partial charge in [0.05, 0.1) is 0 Å². The van der Waals surface area contributed by atoms with E-state index in [0.29, 0.717) is 6.04 Å². The van der Waals surface area contributed by atoms with Gasteiger partial charge in [0.25, 0.3) is 0 Å². The third-order valence-electron chi connectivity index (χ3n) is 4.19. The molecule has 1 rings (SSSR count). The number of guanidine groups is 1. The van der Waals surface area contributed by atoms with Crippen LogP contribution in [0, 0.1) is 0 Å². The van der Waals surface area contributed by atoms with Crippen LogP contribution in [0.4, 0.5) is 0 Å². The van der Waals surface area contributed by atoms with Crippen molar-refractivity contribution in [3.05, 3.63) is 12.7 Å². The molecule has 0 spiro atoms. The van der Waals surface area contributed by atoms with Gasteiger partial charge in [-0.15, -0.1) is 30.6 Å². The van der Waals surface area contributed by atoms with E-state index in [9.17, 15) is 0 Å². The second-order valence-corrected chi connectivity index (χ2v) is 5.97. The molecule has 1 unspecified atom stereocenters. The summed E-state index contributed by atoms with van der Waals surface area (Å²) in [6.45, 7) is 12.7. The van der Waals surface area contributed by atoms with Crippen LogP contribution in [-0.4, -0.2) is 87.1 Å². The lowest BCUT2D eigenvalue weighted by atomic mass is 10.2. The van der Waals surface area contributed by atoms with Crippen LogP contribution in [-0.2, 0) is 0 Å². The molecule has 1 saturated heterocycles. The SMILES string of the molecule is C=CCCCN(C)C(=NC)NCC(C)N1CCN(C)CC1.I. The molecule has 1 atom stereocenters.